The first-order chi connectivity index (χ1) is 8.58. The molecule has 1 aliphatic heterocycles. The van der Waals surface area contributed by atoms with Gasteiger partial charge in [-0.15, -0.1) is 0 Å². The van der Waals surface area contributed by atoms with E-state index in [1.54, 1.807) is 6.07 Å². The lowest BCUT2D eigenvalue weighted by Crippen LogP contribution is -2.50. The van der Waals surface area contributed by atoms with Gasteiger partial charge in [0.2, 0.25) is 11.8 Å². The number of nitrogens with one attached hydrogen (secondary N) is 1. The van der Waals surface area contributed by atoms with Crippen LogP contribution in [0.1, 0.15) is 10.5 Å². The number of rotatable bonds is 3. The topological polar surface area (TPSA) is 91.6 Å². The monoisotopic (exact) mass is 251 g/mol. The minimum Gasteiger partial charge on any atom is -0.477 e. The highest BCUT2D eigenvalue weighted by atomic mass is 16.4. The van der Waals surface area contributed by atoms with Gasteiger partial charge in [-0.3, -0.25) is 9.59 Å². The van der Waals surface area contributed by atoms with Crippen LogP contribution in [0.5, 0.6) is 0 Å². The van der Waals surface area contributed by atoms with E-state index in [0.717, 1.165) is 0 Å². The molecular formula is C11H13N3O4. The van der Waals surface area contributed by atoms with E-state index in [-0.39, 0.29) is 30.6 Å². The number of carbonyl (C=O) groups is 3. The van der Waals surface area contributed by atoms with Crippen molar-refractivity contribution >= 4 is 17.8 Å². The molecule has 0 aliphatic carbocycles. The minimum absolute atomic E-state index is 0.0303. The Bertz CT molecular complexity index is 494. The lowest BCUT2D eigenvalue weighted by Gasteiger charge is -2.26. The van der Waals surface area contributed by atoms with Crippen LogP contribution in [-0.2, 0) is 16.1 Å². The van der Waals surface area contributed by atoms with Gasteiger partial charge < -0.3 is 19.9 Å². The van der Waals surface area contributed by atoms with Crippen LogP contribution in [0.25, 0.3) is 0 Å². The van der Waals surface area contributed by atoms with Crippen molar-refractivity contribution in [2.24, 2.45) is 0 Å². The Labute approximate surface area is 103 Å². The largest absolute Gasteiger partial charge is 0.477 e. The van der Waals surface area contributed by atoms with Gasteiger partial charge in [0.1, 0.15) is 12.2 Å². The zero-order valence-corrected chi connectivity index (χ0v) is 9.63. The third kappa shape index (κ3) is 2.50. The van der Waals surface area contributed by atoms with Crippen LogP contribution in [0.4, 0.5) is 0 Å². The summed E-state index contributed by atoms with van der Waals surface area (Å²) in [5.74, 6) is -1.53. The normalized spacial score (nSPS) is 15.3. The molecule has 1 aliphatic rings. The number of piperazine rings is 1. The zero-order chi connectivity index (χ0) is 13.1. The van der Waals surface area contributed by atoms with Crippen molar-refractivity contribution in [3.05, 3.63) is 24.0 Å². The van der Waals surface area contributed by atoms with Crippen LogP contribution in [0.2, 0.25) is 0 Å². The van der Waals surface area contributed by atoms with E-state index in [4.69, 9.17) is 5.11 Å². The Morgan fingerprint density at radius 2 is 2.22 bits per heavy atom. The zero-order valence-electron chi connectivity index (χ0n) is 9.63. The maximum Gasteiger partial charge on any atom is 0.352 e. The molecule has 96 valence electrons. The molecule has 2 N–H and O–H groups in total. The van der Waals surface area contributed by atoms with Crippen molar-refractivity contribution in [1.82, 2.24) is 14.8 Å². The maximum absolute atomic E-state index is 11.9. The Morgan fingerprint density at radius 1 is 1.44 bits per heavy atom. The molecule has 2 amide bonds. The molecule has 2 heterocycles. The van der Waals surface area contributed by atoms with Gasteiger partial charge in [-0.25, -0.2) is 4.79 Å². The lowest BCUT2D eigenvalue weighted by molar-refractivity contribution is -0.138. The van der Waals surface area contributed by atoms with Crippen molar-refractivity contribution in [3.8, 4) is 0 Å². The number of carboxylic acids is 1. The molecule has 1 saturated heterocycles. The summed E-state index contributed by atoms with van der Waals surface area (Å²) in [5, 5.41) is 11.5. The van der Waals surface area contributed by atoms with Crippen LogP contribution in [0.15, 0.2) is 18.3 Å². The molecule has 2 rings (SSSR count). The predicted molar refractivity (Wildman–Crippen MR) is 61.0 cm³/mol. The van der Waals surface area contributed by atoms with Gasteiger partial charge in [-0.05, 0) is 12.1 Å². The summed E-state index contributed by atoms with van der Waals surface area (Å²) in [5.41, 5.74) is 0.0600. The summed E-state index contributed by atoms with van der Waals surface area (Å²) < 4.78 is 1.36. The molecule has 0 bridgehead atoms. The first-order valence-electron chi connectivity index (χ1n) is 5.51. The number of aromatic carboxylic acids is 1. The van der Waals surface area contributed by atoms with Crippen LogP contribution in [0.3, 0.4) is 0 Å². The highest BCUT2D eigenvalue weighted by molar-refractivity contribution is 5.88. The fraction of sp³-hybridized carbons (Fsp3) is 0.364. The van der Waals surface area contributed by atoms with Gasteiger partial charge in [-0.1, -0.05) is 0 Å². The number of amides is 2. The van der Waals surface area contributed by atoms with Gasteiger partial charge in [0.05, 0.1) is 6.54 Å². The quantitative estimate of drug-likeness (QED) is 0.731. The molecule has 0 atom stereocenters. The van der Waals surface area contributed by atoms with E-state index in [1.165, 1.54) is 21.7 Å². The Morgan fingerprint density at radius 3 is 2.89 bits per heavy atom. The third-order valence-electron chi connectivity index (χ3n) is 2.75. The molecule has 18 heavy (non-hydrogen) atoms. The second-order valence-corrected chi connectivity index (χ2v) is 3.99. The fourth-order valence-corrected chi connectivity index (χ4v) is 1.84. The van der Waals surface area contributed by atoms with E-state index in [0.29, 0.717) is 13.1 Å². The average molecular weight is 251 g/mol. The van der Waals surface area contributed by atoms with Crippen LogP contribution >= 0.6 is 0 Å². The van der Waals surface area contributed by atoms with Gasteiger partial charge in [-0.2, -0.15) is 0 Å². The van der Waals surface area contributed by atoms with Gasteiger partial charge in [0, 0.05) is 19.3 Å². The Balaban J connectivity index is 2.04. The second kappa shape index (κ2) is 4.91. The number of hydrogen-bond acceptors (Lipinski definition) is 3. The summed E-state index contributed by atoms with van der Waals surface area (Å²) in [6.07, 6.45) is 1.53. The summed E-state index contributed by atoms with van der Waals surface area (Å²) in [4.78, 5) is 35.4. The van der Waals surface area contributed by atoms with E-state index in [9.17, 15) is 14.4 Å². The first-order valence-corrected chi connectivity index (χ1v) is 5.51. The number of carbonyl (C=O) groups excluding carboxylic acids is 2. The predicted octanol–water partition coefficient (Wildman–Crippen LogP) is -0.855. The molecule has 0 aromatic carbocycles. The molecule has 7 nitrogen and oxygen atoms in total. The fourth-order valence-electron chi connectivity index (χ4n) is 1.84. The number of nitrogens with zero attached hydrogens (tertiary/aromatic N) is 2. The standard InChI is InChI=1S/C11H13N3O4/c15-9-6-14(5-3-12-9)10(16)7-13-4-1-2-8(13)11(17)18/h1-2,4H,3,5-7H2,(H,12,15)(H,17,18). The van der Waals surface area contributed by atoms with E-state index >= 15 is 0 Å². The molecule has 0 spiro atoms. The average Bonchev–Trinajstić information content (AvgIpc) is 2.77. The van der Waals surface area contributed by atoms with Crippen LogP contribution < -0.4 is 5.32 Å². The van der Waals surface area contributed by atoms with Crippen molar-refractivity contribution in [2.75, 3.05) is 19.6 Å². The van der Waals surface area contributed by atoms with Crippen LogP contribution in [-0.4, -0.2) is 52.0 Å². The van der Waals surface area contributed by atoms with E-state index in [1.807, 2.05) is 0 Å². The maximum atomic E-state index is 11.9. The summed E-state index contributed by atoms with van der Waals surface area (Å²) in [7, 11) is 0. The molecular weight excluding hydrogens is 238 g/mol. The van der Waals surface area contributed by atoms with Crippen molar-refractivity contribution in [3.63, 3.8) is 0 Å². The highest BCUT2D eigenvalue weighted by Crippen LogP contribution is 2.04. The molecule has 0 unspecified atom stereocenters. The van der Waals surface area contributed by atoms with Gasteiger partial charge >= 0.3 is 5.97 Å². The molecule has 1 aromatic rings. The van der Waals surface area contributed by atoms with E-state index < -0.39 is 5.97 Å². The molecule has 0 saturated carbocycles. The number of carboxylic acid groups (broad SMARTS) is 1. The summed E-state index contributed by atoms with van der Waals surface area (Å²) >= 11 is 0. The second-order valence-electron chi connectivity index (χ2n) is 3.99. The molecule has 0 radical (unpaired) electrons. The van der Waals surface area contributed by atoms with Gasteiger partial charge in [0.25, 0.3) is 0 Å². The highest BCUT2D eigenvalue weighted by Gasteiger charge is 2.22. The van der Waals surface area contributed by atoms with Crippen molar-refractivity contribution < 1.29 is 19.5 Å². The molecule has 1 aromatic heterocycles. The molecule has 1 fully saturated rings. The minimum atomic E-state index is -1.08. The van der Waals surface area contributed by atoms with Crippen LogP contribution in [0, 0.1) is 0 Å². The summed E-state index contributed by atoms with van der Waals surface area (Å²) in [6, 6.07) is 3.00. The summed E-state index contributed by atoms with van der Waals surface area (Å²) in [6.45, 7) is 0.848. The van der Waals surface area contributed by atoms with E-state index in [2.05, 4.69) is 5.32 Å². The Hall–Kier alpha value is -2.31. The SMILES string of the molecule is O=C1CN(C(=O)Cn2cccc2C(=O)O)CCN1. The van der Waals surface area contributed by atoms with Crippen molar-refractivity contribution in [1.29, 1.82) is 0 Å². The first kappa shape index (κ1) is 12.2. The van der Waals surface area contributed by atoms with Crippen molar-refractivity contribution in [2.45, 2.75) is 6.54 Å². The van der Waals surface area contributed by atoms with Gasteiger partial charge in [0.15, 0.2) is 0 Å². The third-order valence-corrected chi connectivity index (χ3v) is 2.75. The number of hydrogen-bond donors (Lipinski definition) is 2. The number of aromatic nitrogens is 1. The smallest absolute Gasteiger partial charge is 0.352 e. The lowest BCUT2D eigenvalue weighted by atomic mass is 10.3. The Kier molecular flexibility index (Phi) is 3.31. The molecule has 7 heteroatoms.